The van der Waals surface area contributed by atoms with Gasteiger partial charge < -0.3 is 9.64 Å². The minimum atomic E-state index is -0.652. The molecule has 0 N–H and O–H groups in total. The second-order valence-electron chi connectivity index (χ2n) is 6.82. The van der Waals surface area contributed by atoms with Gasteiger partial charge in [-0.3, -0.25) is 9.59 Å². The molecule has 1 saturated heterocycles. The van der Waals surface area contributed by atoms with Gasteiger partial charge in [-0.25, -0.2) is 13.8 Å². The summed E-state index contributed by atoms with van der Waals surface area (Å²) in [6.45, 7) is 3.37. The second-order valence-corrected chi connectivity index (χ2v) is 6.82. The number of aromatic nitrogens is 1. The molecular weight excluding hydrogens is 366 g/mol. The maximum atomic E-state index is 14.6. The van der Waals surface area contributed by atoms with Crippen molar-refractivity contribution in [1.82, 2.24) is 4.98 Å². The van der Waals surface area contributed by atoms with Crippen molar-refractivity contribution in [2.75, 3.05) is 24.6 Å². The highest BCUT2D eigenvalue weighted by molar-refractivity contribution is 5.77. The molecule has 7 heteroatoms. The third-order valence-corrected chi connectivity index (χ3v) is 4.96. The van der Waals surface area contributed by atoms with Crippen LogP contribution in [0.25, 0.3) is 11.1 Å². The molecule has 1 aliphatic rings. The maximum Gasteiger partial charge on any atom is 0.306 e. The summed E-state index contributed by atoms with van der Waals surface area (Å²) in [5.74, 6) is -0.843. The van der Waals surface area contributed by atoms with Crippen LogP contribution in [-0.2, 0) is 9.53 Å². The summed E-state index contributed by atoms with van der Waals surface area (Å²) >= 11 is 0. The number of anilines is 1. The third kappa shape index (κ3) is 4.52. The molecule has 0 amide bonds. The van der Waals surface area contributed by atoms with E-state index in [2.05, 4.69) is 4.98 Å². The molecule has 0 spiro atoms. The Bertz CT molecular complexity index is 865. The van der Waals surface area contributed by atoms with E-state index < -0.39 is 11.6 Å². The lowest BCUT2D eigenvalue weighted by molar-refractivity contribution is -0.144. The van der Waals surface area contributed by atoms with Crippen LogP contribution in [0.15, 0.2) is 30.5 Å². The van der Waals surface area contributed by atoms with Crippen LogP contribution in [-0.4, -0.2) is 36.9 Å². The molecule has 1 aromatic carbocycles. The SMILES string of the molecule is CCOC(=O)CC1CCN(c2ncc(-c3ccc(C=O)c(F)c3)cc2F)CC1. The zero-order chi connectivity index (χ0) is 20.1. The number of halogens is 2. The molecule has 2 aromatic rings. The van der Waals surface area contributed by atoms with E-state index in [0.29, 0.717) is 43.5 Å². The van der Waals surface area contributed by atoms with Crippen LogP contribution in [0.5, 0.6) is 0 Å². The normalized spacial score (nSPS) is 14.8. The van der Waals surface area contributed by atoms with Crippen molar-refractivity contribution in [2.24, 2.45) is 5.92 Å². The summed E-state index contributed by atoms with van der Waals surface area (Å²) in [4.78, 5) is 28.4. The van der Waals surface area contributed by atoms with Gasteiger partial charge in [-0.1, -0.05) is 6.07 Å². The molecule has 0 atom stereocenters. The van der Waals surface area contributed by atoms with Crippen molar-refractivity contribution in [1.29, 1.82) is 0 Å². The summed E-state index contributed by atoms with van der Waals surface area (Å²) < 4.78 is 33.4. The van der Waals surface area contributed by atoms with E-state index >= 15 is 0 Å². The first-order valence-corrected chi connectivity index (χ1v) is 9.33. The van der Waals surface area contributed by atoms with Gasteiger partial charge in [0, 0.05) is 31.3 Å². The number of piperidine rings is 1. The van der Waals surface area contributed by atoms with E-state index in [9.17, 15) is 18.4 Å². The molecule has 1 aliphatic heterocycles. The summed E-state index contributed by atoms with van der Waals surface area (Å²) in [6, 6.07) is 5.44. The average Bonchev–Trinajstić information content (AvgIpc) is 2.69. The van der Waals surface area contributed by atoms with Gasteiger partial charge in [0.15, 0.2) is 17.9 Å². The highest BCUT2D eigenvalue weighted by Crippen LogP contribution is 2.29. The molecule has 0 radical (unpaired) electrons. The Morgan fingerprint density at radius 1 is 1.21 bits per heavy atom. The van der Waals surface area contributed by atoms with E-state index in [1.165, 1.54) is 24.4 Å². The van der Waals surface area contributed by atoms with Crippen molar-refractivity contribution in [2.45, 2.75) is 26.2 Å². The van der Waals surface area contributed by atoms with E-state index in [4.69, 9.17) is 4.74 Å². The van der Waals surface area contributed by atoms with Crippen LogP contribution in [0.1, 0.15) is 36.5 Å². The summed E-state index contributed by atoms with van der Waals surface area (Å²) in [5, 5.41) is 0. The lowest BCUT2D eigenvalue weighted by Gasteiger charge is -2.32. The Morgan fingerprint density at radius 3 is 2.54 bits per heavy atom. The van der Waals surface area contributed by atoms with Crippen LogP contribution >= 0.6 is 0 Å². The van der Waals surface area contributed by atoms with Gasteiger partial charge >= 0.3 is 5.97 Å². The average molecular weight is 388 g/mol. The molecule has 2 heterocycles. The highest BCUT2D eigenvalue weighted by Gasteiger charge is 2.24. The molecule has 0 bridgehead atoms. The van der Waals surface area contributed by atoms with Gasteiger partial charge in [0.25, 0.3) is 0 Å². The number of benzene rings is 1. The largest absolute Gasteiger partial charge is 0.466 e. The molecule has 1 fully saturated rings. The van der Waals surface area contributed by atoms with Gasteiger partial charge in [0.1, 0.15) is 5.82 Å². The van der Waals surface area contributed by atoms with E-state index in [-0.39, 0.29) is 23.3 Å². The number of rotatable bonds is 6. The molecule has 148 valence electrons. The lowest BCUT2D eigenvalue weighted by Crippen LogP contribution is -2.35. The first-order chi connectivity index (χ1) is 13.5. The van der Waals surface area contributed by atoms with Gasteiger partial charge in [-0.2, -0.15) is 0 Å². The number of carbonyl (C=O) groups excluding carboxylic acids is 2. The Labute approximate surface area is 162 Å². The molecule has 0 saturated carbocycles. The number of esters is 1. The molecule has 5 nitrogen and oxygen atoms in total. The minimum Gasteiger partial charge on any atom is -0.466 e. The molecule has 0 unspecified atom stereocenters. The van der Waals surface area contributed by atoms with E-state index in [0.717, 1.165) is 12.8 Å². The molecular formula is C21H22F2N2O3. The van der Waals surface area contributed by atoms with Gasteiger partial charge in [0.05, 0.1) is 12.2 Å². The predicted octanol–water partition coefficient (Wildman–Crippen LogP) is 4.01. The monoisotopic (exact) mass is 388 g/mol. The van der Waals surface area contributed by atoms with Crippen LogP contribution in [0.2, 0.25) is 0 Å². The van der Waals surface area contributed by atoms with Crippen molar-refractivity contribution in [3.8, 4) is 11.1 Å². The number of carbonyl (C=O) groups is 2. The minimum absolute atomic E-state index is 0.0421. The number of hydrogen-bond donors (Lipinski definition) is 0. The summed E-state index contributed by atoms with van der Waals surface area (Å²) in [7, 11) is 0. The van der Waals surface area contributed by atoms with Crippen molar-refractivity contribution < 1.29 is 23.1 Å². The standard InChI is InChI=1S/C21H22F2N2O3/c1-2-28-20(27)9-14-5-7-25(8-6-14)21-19(23)11-17(12-24-21)15-3-4-16(13-26)18(22)10-15/h3-4,10-14H,2,5-9H2,1H3. The fourth-order valence-corrected chi connectivity index (χ4v) is 3.43. The lowest BCUT2D eigenvalue weighted by atomic mass is 9.93. The van der Waals surface area contributed by atoms with Gasteiger partial charge in [-0.05, 0) is 49.4 Å². The van der Waals surface area contributed by atoms with Crippen molar-refractivity contribution in [3.05, 3.63) is 47.7 Å². The molecule has 28 heavy (non-hydrogen) atoms. The molecule has 1 aromatic heterocycles. The number of pyridine rings is 1. The Morgan fingerprint density at radius 2 is 1.93 bits per heavy atom. The third-order valence-electron chi connectivity index (χ3n) is 4.96. The van der Waals surface area contributed by atoms with E-state index in [1.807, 2.05) is 4.90 Å². The number of aldehydes is 1. The number of nitrogens with zero attached hydrogens (tertiary/aromatic N) is 2. The first-order valence-electron chi connectivity index (χ1n) is 9.33. The fourth-order valence-electron chi connectivity index (χ4n) is 3.43. The number of ether oxygens (including phenoxy) is 1. The fraction of sp³-hybridized carbons (Fsp3) is 0.381. The van der Waals surface area contributed by atoms with Crippen LogP contribution in [0, 0.1) is 17.6 Å². The van der Waals surface area contributed by atoms with Gasteiger partial charge in [0.2, 0.25) is 0 Å². The van der Waals surface area contributed by atoms with Crippen LogP contribution in [0.3, 0.4) is 0 Å². The summed E-state index contributed by atoms with van der Waals surface area (Å²) in [6.07, 6.45) is 3.85. The maximum absolute atomic E-state index is 14.6. The summed E-state index contributed by atoms with van der Waals surface area (Å²) in [5.41, 5.74) is 0.850. The van der Waals surface area contributed by atoms with Crippen LogP contribution in [0.4, 0.5) is 14.6 Å². The second kappa shape index (κ2) is 8.91. The number of hydrogen-bond acceptors (Lipinski definition) is 5. The Balaban J connectivity index is 1.67. The highest BCUT2D eigenvalue weighted by atomic mass is 19.1. The Kier molecular flexibility index (Phi) is 6.34. The van der Waals surface area contributed by atoms with Crippen molar-refractivity contribution >= 4 is 18.1 Å². The van der Waals surface area contributed by atoms with Crippen molar-refractivity contribution in [3.63, 3.8) is 0 Å². The quantitative estimate of drug-likeness (QED) is 0.553. The zero-order valence-electron chi connectivity index (χ0n) is 15.7. The topological polar surface area (TPSA) is 59.5 Å². The van der Waals surface area contributed by atoms with Gasteiger partial charge in [-0.15, -0.1) is 0 Å². The smallest absolute Gasteiger partial charge is 0.306 e. The van der Waals surface area contributed by atoms with E-state index in [1.54, 1.807) is 13.0 Å². The zero-order valence-corrected chi connectivity index (χ0v) is 15.7. The van der Waals surface area contributed by atoms with Crippen LogP contribution < -0.4 is 4.90 Å². The molecule has 3 rings (SSSR count). The molecule has 0 aliphatic carbocycles. The first kappa shape index (κ1) is 19.9. The predicted molar refractivity (Wildman–Crippen MR) is 101 cm³/mol. The Hall–Kier alpha value is -2.83.